The maximum atomic E-state index is 12.8. The molecular weight excluding hydrogens is 358 g/mol. The van der Waals surface area contributed by atoms with E-state index in [0.717, 1.165) is 12.0 Å². The van der Waals surface area contributed by atoms with Crippen LogP contribution in [0.1, 0.15) is 52.0 Å². The molecule has 2 rings (SSSR count). The predicted octanol–water partition coefficient (Wildman–Crippen LogP) is 3.40. The Morgan fingerprint density at radius 3 is 2.57 bits per heavy atom. The van der Waals surface area contributed by atoms with Gasteiger partial charge in [-0.3, -0.25) is 14.8 Å². The van der Waals surface area contributed by atoms with Crippen LogP contribution in [0, 0.1) is 23.7 Å². The number of aldehydes is 1. The zero-order valence-electron chi connectivity index (χ0n) is 16.9. The van der Waals surface area contributed by atoms with Crippen molar-refractivity contribution in [1.29, 1.82) is 0 Å². The number of rotatable bonds is 9. The van der Waals surface area contributed by atoms with Crippen LogP contribution in [0.3, 0.4) is 0 Å². The molecule has 0 spiro atoms. The molecule has 0 aliphatic heterocycles. The Kier molecular flexibility index (Phi) is 7.89. The second kappa shape index (κ2) is 9.94. The van der Waals surface area contributed by atoms with Crippen molar-refractivity contribution in [1.82, 2.24) is 5.32 Å². The molecule has 6 nitrogen and oxygen atoms in total. The first-order valence-corrected chi connectivity index (χ1v) is 9.95. The minimum Gasteiger partial charge on any atom is -0.352 e. The number of hydrogen-bond donors (Lipinski definition) is 2. The largest absolute Gasteiger partial charge is 0.352 e. The second-order valence-electron chi connectivity index (χ2n) is 8.06. The Bertz CT molecular complexity index is 677. The van der Waals surface area contributed by atoms with Crippen LogP contribution < -0.4 is 5.32 Å². The van der Waals surface area contributed by atoms with E-state index in [1.54, 1.807) is 6.92 Å². The van der Waals surface area contributed by atoms with E-state index in [2.05, 4.69) is 5.32 Å². The molecule has 2 N–H and O–H groups in total. The highest BCUT2D eigenvalue weighted by atomic mass is 17.1. The van der Waals surface area contributed by atoms with Crippen molar-refractivity contribution >= 4 is 18.0 Å². The minimum absolute atomic E-state index is 0.0284. The molecule has 1 fully saturated rings. The summed E-state index contributed by atoms with van der Waals surface area (Å²) < 4.78 is 0. The second-order valence-corrected chi connectivity index (χ2v) is 8.06. The maximum absolute atomic E-state index is 12.8. The van der Waals surface area contributed by atoms with Crippen LogP contribution in [-0.4, -0.2) is 28.8 Å². The van der Waals surface area contributed by atoms with Gasteiger partial charge in [0.1, 0.15) is 5.78 Å². The number of carbonyl (C=O) groups is 3. The van der Waals surface area contributed by atoms with Crippen molar-refractivity contribution in [2.45, 2.75) is 58.6 Å². The molecule has 28 heavy (non-hydrogen) atoms. The summed E-state index contributed by atoms with van der Waals surface area (Å²) in [5.41, 5.74) is -0.490. The average molecular weight is 389 g/mol. The molecule has 0 heterocycles. The molecular formula is C22H31NO5. The average Bonchev–Trinajstić information content (AvgIpc) is 2.70. The first-order chi connectivity index (χ1) is 13.4. The number of benzene rings is 1. The fourth-order valence-electron chi connectivity index (χ4n) is 4.56. The summed E-state index contributed by atoms with van der Waals surface area (Å²) in [4.78, 5) is 41.2. The van der Waals surface area contributed by atoms with E-state index in [9.17, 15) is 19.6 Å². The third-order valence-corrected chi connectivity index (χ3v) is 6.26. The highest BCUT2D eigenvalue weighted by Gasteiger charge is 2.55. The number of ketones is 1. The molecule has 5 atom stereocenters. The minimum atomic E-state index is -1.48. The van der Waals surface area contributed by atoms with Crippen LogP contribution >= 0.6 is 0 Å². The molecule has 1 aromatic rings. The number of amides is 1. The van der Waals surface area contributed by atoms with Gasteiger partial charge >= 0.3 is 0 Å². The van der Waals surface area contributed by atoms with E-state index in [-0.39, 0.29) is 23.5 Å². The van der Waals surface area contributed by atoms with Gasteiger partial charge in [0.2, 0.25) is 5.91 Å². The van der Waals surface area contributed by atoms with E-state index in [4.69, 9.17) is 4.89 Å². The summed E-state index contributed by atoms with van der Waals surface area (Å²) >= 11 is 0. The van der Waals surface area contributed by atoms with Gasteiger partial charge in [-0.1, -0.05) is 44.2 Å². The molecule has 0 aromatic heterocycles. The van der Waals surface area contributed by atoms with Crippen molar-refractivity contribution < 1.29 is 24.5 Å². The highest BCUT2D eigenvalue weighted by Crippen LogP contribution is 2.48. The SMILES string of the molecule is CC(=O)CCC1[C@H](C)CCC([C@@H](C)C(=O)NCc2ccccc2)[C@]1(C=O)OO. The third-order valence-electron chi connectivity index (χ3n) is 6.26. The van der Waals surface area contributed by atoms with Crippen LogP contribution in [-0.2, 0) is 25.8 Å². The van der Waals surface area contributed by atoms with E-state index < -0.39 is 17.4 Å². The lowest BCUT2D eigenvalue weighted by atomic mass is 9.59. The fraction of sp³-hybridized carbons (Fsp3) is 0.591. The third kappa shape index (κ3) is 4.86. The lowest BCUT2D eigenvalue weighted by Gasteiger charge is -2.48. The first-order valence-electron chi connectivity index (χ1n) is 9.95. The molecule has 0 radical (unpaired) electrons. The Balaban J connectivity index is 2.16. The topological polar surface area (TPSA) is 92.7 Å². The Morgan fingerprint density at radius 2 is 2.00 bits per heavy atom. The number of hydrogen-bond acceptors (Lipinski definition) is 5. The first kappa shape index (κ1) is 22.2. The maximum Gasteiger partial charge on any atom is 0.223 e. The number of Topliss-reactive ketones (excluding diaryl/α,β-unsaturated/α-hetero) is 1. The van der Waals surface area contributed by atoms with E-state index in [1.807, 2.05) is 37.3 Å². The molecule has 1 amide bonds. The standard InChI is InChI=1S/C22H31NO5/c1-15-9-11-20(22(14-24,28-27)19(15)12-10-16(2)25)17(3)21(26)23-13-18-7-5-4-6-8-18/h4-8,14-15,17,19-20,27H,9-13H2,1-3H3,(H,23,26)/t15-,17-,19?,20?,22-/m1/s1. The molecule has 0 bridgehead atoms. The zero-order chi connectivity index (χ0) is 20.7. The quantitative estimate of drug-likeness (QED) is 0.384. The molecule has 1 saturated carbocycles. The summed E-state index contributed by atoms with van der Waals surface area (Å²) in [5.74, 6) is -1.35. The molecule has 2 unspecified atom stereocenters. The van der Waals surface area contributed by atoms with Crippen LogP contribution in [0.2, 0.25) is 0 Å². The van der Waals surface area contributed by atoms with Gasteiger partial charge < -0.3 is 10.1 Å². The van der Waals surface area contributed by atoms with Gasteiger partial charge in [-0.25, -0.2) is 4.89 Å². The Hall–Kier alpha value is -2.05. The van der Waals surface area contributed by atoms with E-state index >= 15 is 0 Å². The Labute approximate surface area is 166 Å². The van der Waals surface area contributed by atoms with Crippen LogP contribution in [0.5, 0.6) is 0 Å². The molecule has 1 aromatic carbocycles. The summed E-state index contributed by atoms with van der Waals surface area (Å²) in [6, 6.07) is 9.58. The smallest absolute Gasteiger partial charge is 0.223 e. The fourth-order valence-corrected chi connectivity index (χ4v) is 4.56. The van der Waals surface area contributed by atoms with Gasteiger partial charge in [0.25, 0.3) is 0 Å². The van der Waals surface area contributed by atoms with Gasteiger partial charge in [0.05, 0.1) is 0 Å². The molecule has 0 saturated heterocycles. The van der Waals surface area contributed by atoms with Crippen molar-refractivity contribution in [3.05, 3.63) is 35.9 Å². The van der Waals surface area contributed by atoms with Gasteiger partial charge in [0.15, 0.2) is 11.9 Å². The molecule has 6 heteroatoms. The predicted molar refractivity (Wildman–Crippen MR) is 105 cm³/mol. The van der Waals surface area contributed by atoms with Crippen LogP contribution in [0.25, 0.3) is 0 Å². The Morgan fingerprint density at radius 1 is 1.32 bits per heavy atom. The van der Waals surface area contributed by atoms with Crippen molar-refractivity contribution in [2.75, 3.05) is 0 Å². The monoisotopic (exact) mass is 389 g/mol. The van der Waals surface area contributed by atoms with Crippen molar-refractivity contribution in [2.24, 2.45) is 23.7 Å². The van der Waals surface area contributed by atoms with Crippen LogP contribution in [0.4, 0.5) is 0 Å². The van der Waals surface area contributed by atoms with Crippen molar-refractivity contribution in [3.8, 4) is 0 Å². The van der Waals surface area contributed by atoms with Gasteiger partial charge in [0, 0.05) is 30.7 Å². The summed E-state index contributed by atoms with van der Waals surface area (Å²) in [7, 11) is 0. The van der Waals surface area contributed by atoms with E-state index in [1.165, 1.54) is 6.92 Å². The highest BCUT2D eigenvalue weighted by molar-refractivity contribution is 5.80. The number of carbonyl (C=O) groups excluding carboxylic acids is 3. The zero-order valence-corrected chi connectivity index (χ0v) is 16.9. The van der Waals surface area contributed by atoms with Crippen molar-refractivity contribution in [3.63, 3.8) is 0 Å². The lowest BCUT2D eigenvalue weighted by Crippen LogP contribution is -2.57. The summed E-state index contributed by atoms with van der Waals surface area (Å²) in [5, 5.41) is 12.7. The number of nitrogens with one attached hydrogen (secondary N) is 1. The van der Waals surface area contributed by atoms with E-state index in [0.29, 0.717) is 32.1 Å². The van der Waals surface area contributed by atoms with Crippen LogP contribution in [0.15, 0.2) is 30.3 Å². The summed E-state index contributed by atoms with van der Waals surface area (Å²) in [6.45, 7) is 5.67. The molecule has 1 aliphatic rings. The molecule has 1 aliphatic carbocycles. The molecule has 154 valence electrons. The summed E-state index contributed by atoms with van der Waals surface area (Å²) in [6.07, 6.45) is 2.80. The van der Waals surface area contributed by atoms with Gasteiger partial charge in [-0.15, -0.1) is 0 Å². The van der Waals surface area contributed by atoms with Gasteiger partial charge in [-0.2, -0.15) is 0 Å². The lowest BCUT2D eigenvalue weighted by molar-refractivity contribution is -0.347. The normalized spacial score (nSPS) is 28.4. The van der Waals surface area contributed by atoms with Gasteiger partial charge in [-0.05, 0) is 37.7 Å².